The van der Waals surface area contributed by atoms with Gasteiger partial charge in [-0.2, -0.15) is 0 Å². The van der Waals surface area contributed by atoms with Crippen molar-refractivity contribution in [2.45, 2.75) is 65.2 Å². The van der Waals surface area contributed by atoms with E-state index in [0.29, 0.717) is 0 Å². The highest BCUT2D eigenvalue weighted by Crippen LogP contribution is 2.36. The van der Waals surface area contributed by atoms with Crippen molar-refractivity contribution >= 4 is 11.3 Å². The van der Waals surface area contributed by atoms with Crippen LogP contribution in [0.5, 0.6) is 11.5 Å². The van der Waals surface area contributed by atoms with Crippen molar-refractivity contribution in [3.8, 4) is 21.9 Å². The molecule has 0 amide bonds. The first-order chi connectivity index (χ1) is 12.3. The lowest BCUT2D eigenvalue weighted by Crippen LogP contribution is -2.00. The molecule has 0 saturated carbocycles. The summed E-state index contributed by atoms with van der Waals surface area (Å²) >= 11 is 1.75. The van der Waals surface area contributed by atoms with Crippen LogP contribution in [-0.2, 0) is 0 Å². The highest BCUT2D eigenvalue weighted by Gasteiger charge is 2.10. The minimum absolute atomic E-state index is 0.787. The Bertz CT molecular complexity index is 578. The van der Waals surface area contributed by atoms with E-state index in [-0.39, 0.29) is 0 Å². The standard InChI is InChI=1S/C22H32O2S/c1-3-5-7-9-15-23-19-13-14-21(24-16-10-8-6-4-2)20(18-19)22-12-11-17-25-22/h11-14,17-18H,3-10,15-16H2,1-2H3. The largest absolute Gasteiger partial charge is 0.494 e. The lowest BCUT2D eigenvalue weighted by Gasteiger charge is -2.13. The van der Waals surface area contributed by atoms with Crippen LogP contribution in [0.15, 0.2) is 35.7 Å². The summed E-state index contributed by atoms with van der Waals surface area (Å²) < 4.78 is 12.0. The molecule has 138 valence electrons. The Kier molecular flexibility index (Phi) is 9.50. The molecule has 2 rings (SSSR count). The van der Waals surface area contributed by atoms with Gasteiger partial charge in [0, 0.05) is 10.4 Å². The zero-order valence-corrected chi connectivity index (χ0v) is 16.6. The maximum Gasteiger partial charge on any atom is 0.128 e. The van der Waals surface area contributed by atoms with E-state index in [4.69, 9.17) is 9.47 Å². The van der Waals surface area contributed by atoms with Crippen LogP contribution in [0.25, 0.3) is 10.4 Å². The van der Waals surface area contributed by atoms with Gasteiger partial charge in [0.1, 0.15) is 11.5 Å². The maximum atomic E-state index is 6.07. The lowest BCUT2D eigenvalue weighted by molar-refractivity contribution is 0.298. The van der Waals surface area contributed by atoms with Gasteiger partial charge in [0.2, 0.25) is 0 Å². The topological polar surface area (TPSA) is 18.5 Å². The molecule has 0 aliphatic heterocycles. The molecule has 2 aromatic rings. The van der Waals surface area contributed by atoms with Crippen LogP contribution in [0.3, 0.4) is 0 Å². The second kappa shape index (κ2) is 12.0. The molecule has 0 unspecified atom stereocenters. The molecule has 0 bridgehead atoms. The van der Waals surface area contributed by atoms with E-state index in [1.807, 2.05) is 6.07 Å². The lowest BCUT2D eigenvalue weighted by atomic mass is 10.1. The first-order valence-electron chi connectivity index (χ1n) is 9.78. The molecule has 2 nitrogen and oxygen atoms in total. The third-order valence-electron chi connectivity index (χ3n) is 4.26. The summed E-state index contributed by atoms with van der Waals surface area (Å²) in [4.78, 5) is 1.24. The average Bonchev–Trinajstić information content (AvgIpc) is 3.16. The Hall–Kier alpha value is -1.48. The summed E-state index contributed by atoms with van der Waals surface area (Å²) in [6, 6.07) is 10.5. The van der Waals surface area contributed by atoms with Crippen LogP contribution in [0.2, 0.25) is 0 Å². The predicted octanol–water partition coefficient (Wildman–Crippen LogP) is 7.33. The quantitative estimate of drug-likeness (QED) is 0.348. The van der Waals surface area contributed by atoms with E-state index < -0.39 is 0 Å². The van der Waals surface area contributed by atoms with Crippen LogP contribution in [0.1, 0.15) is 65.2 Å². The fourth-order valence-electron chi connectivity index (χ4n) is 2.78. The molecule has 0 saturated heterocycles. The Morgan fingerprint density at radius 3 is 2.16 bits per heavy atom. The molecule has 0 spiro atoms. The summed E-state index contributed by atoms with van der Waals surface area (Å²) in [5, 5.41) is 2.11. The second-order valence-corrected chi connectivity index (χ2v) is 7.40. The third kappa shape index (κ3) is 7.11. The van der Waals surface area contributed by atoms with E-state index in [1.54, 1.807) is 11.3 Å². The van der Waals surface area contributed by atoms with Crippen LogP contribution < -0.4 is 9.47 Å². The van der Waals surface area contributed by atoms with Crippen molar-refractivity contribution in [1.82, 2.24) is 0 Å². The molecule has 25 heavy (non-hydrogen) atoms. The van der Waals surface area contributed by atoms with Gasteiger partial charge in [0.25, 0.3) is 0 Å². The van der Waals surface area contributed by atoms with Crippen LogP contribution in [-0.4, -0.2) is 13.2 Å². The summed E-state index contributed by atoms with van der Waals surface area (Å²) in [6.45, 7) is 6.04. The molecule has 0 aliphatic rings. The number of benzene rings is 1. The molecule has 0 atom stereocenters. The molecule has 3 heteroatoms. The first-order valence-corrected chi connectivity index (χ1v) is 10.7. The van der Waals surface area contributed by atoms with Crippen molar-refractivity contribution in [2.24, 2.45) is 0 Å². The van der Waals surface area contributed by atoms with Gasteiger partial charge in [-0.25, -0.2) is 0 Å². The summed E-state index contributed by atoms with van der Waals surface area (Å²) in [5.74, 6) is 1.91. The maximum absolute atomic E-state index is 6.07. The van der Waals surface area contributed by atoms with Crippen molar-refractivity contribution in [2.75, 3.05) is 13.2 Å². The Balaban J connectivity index is 1.96. The van der Waals surface area contributed by atoms with Crippen molar-refractivity contribution < 1.29 is 9.47 Å². The normalized spacial score (nSPS) is 10.8. The van der Waals surface area contributed by atoms with Crippen LogP contribution in [0, 0.1) is 0 Å². The number of hydrogen-bond acceptors (Lipinski definition) is 3. The summed E-state index contributed by atoms with van der Waals surface area (Å²) in [7, 11) is 0. The van der Waals surface area contributed by atoms with Crippen molar-refractivity contribution in [1.29, 1.82) is 0 Å². The SMILES string of the molecule is CCCCCCOc1ccc(OCCCCCC)c(-c2cccs2)c1. The monoisotopic (exact) mass is 360 g/mol. The minimum atomic E-state index is 0.787. The molecule has 0 aliphatic carbocycles. The van der Waals surface area contributed by atoms with Gasteiger partial charge in [-0.15, -0.1) is 11.3 Å². The van der Waals surface area contributed by atoms with Gasteiger partial charge in [0.15, 0.2) is 0 Å². The smallest absolute Gasteiger partial charge is 0.128 e. The third-order valence-corrected chi connectivity index (χ3v) is 5.16. The van der Waals surface area contributed by atoms with E-state index in [1.165, 1.54) is 43.4 Å². The molecule has 1 heterocycles. The fourth-order valence-corrected chi connectivity index (χ4v) is 3.53. The molecule has 1 aromatic carbocycles. The first kappa shape index (κ1) is 19.8. The summed E-state index contributed by atoms with van der Waals surface area (Å²) in [6.07, 6.45) is 9.81. The van der Waals surface area contributed by atoms with Crippen LogP contribution >= 0.6 is 11.3 Å². The van der Waals surface area contributed by atoms with Crippen molar-refractivity contribution in [3.05, 3.63) is 35.7 Å². The molecule has 0 N–H and O–H groups in total. The van der Waals surface area contributed by atoms with Crippen LogP contribution in [0.4, 0.5) is 0 Å². The zero-order chi connectivity index (χ0) is 17.7. The fraction of sp³-hybridized carbons (Fsp3) is 0.545. The second-order valence-electron chi connectivity index (χ2n) is 6.45. The number of thiophene rings is 1. The van der Waals surface area contributed by atoms with Gasteiger partial charge in [-0.3, -0.25) is 0 Å². The molecule has 0 radical (unpaired) electrons. The van der Waals surface area contributed by atoms with Gasteiger partial charge < -0.3 is 9.47 Å². The molecular formula is C22H32O2S. The van der Waals surface area contributed by atoms with E-state index >= 15 is 0 Å². The van der Waals surface area contributed by atoms with Gasteiger partial charge in [-0.05, 0) is 42.5 Å². The van der Waals surface area contributed by atoms with Gasteiger partial charge in [-0.1, -0.05) is 58.4 Å². The highest BCUT2D eigenvalue weighted by atomic mass is 32.1. The van der Waals surface area contributed by atoms with Gasteiger partial charge >= 0.3 is 0 Å². The minimum Gasteiger partial charge on any atom is -0.494 e. The Morgan fingerprint density at radius 1 is 0.800 bits per heavy atom. The predicted molar refractivity (Wildman–Crippen MR) is 109 cm³/mol. The number of hydrogen-bond donors (Lipinski definition) is 0. The molecule has 0 fully saturated rings. The summed E-state index contributed by atoms with van der Waals surface area (Å²) in [5.41, 5.74) is 1.15. The van der Waals surface area contributed by atoms with Crippen molar-refractivity contribution in [3.63, 3.8) is 0 Å². The number of unbranched alkanes of at least 4 members (excludes halogenated alkanes) is 6. The number of rotatable bonds is 13. The average molecular weight is 361 g/mol. The highest BCUT2D eigenvalue weighted by molar-refractivity contribution is 7.13. The van der Waals surface area contributed by atoms with Gasteiger partial charge in [0.05, 0.1) is 13.2 Å². The molecule has 1 aromatic heterocycles. The Labute approximate surface area is 157 Å². The van der Waals surface area contributed by atoms with E-state index in [0.717, 1.165) is 43.1 Å². The zero-order valence-electron chi connectivity index (χ0n) is 15.8. The molecular weight excluding hydrogens is 328 g/mol. The number of ether oxygens (including phenoxy) is 2. The van der Waals surface area contributed by atoms with E-state index in [2.05, 4.69) is 43.5 Å². The van der Waals surface area contributed by atoms with E-state index in [9.17, 15) is 0 Å². The Morgan fingerprint density at radius 2 is 1.52 bits per heavy atom.